The van der Waals surface area contributed by atoms with E-state index >= 15 is 0 Å². The Morgan fingerprint density at radius 2 is 2.43 bits per heavy atom. The van der Waals surface area contributed by atoms with E-state index in [4.69, 9.17) is 0 Å². The first kappa shape index (κ1) is 9.93. The average molecular weight is 211 g/mol. The summed E-state index contributed by atoms with van der Waals surface area (Å²) in [4.78, 5) is 6.93. The van der Waals surface area contributed by atoms with Gasteiger partial charge in [0, 0.05) is 31.4 Å². The van der Waals surface area contributed by atoms with Gasteiger partial charge in [0.15, 0.2) is 5.13 Å². The zero-order chi connectivity index (χ0) is 9.97. The van der Waals surface area contributed by atoms with Crippen LogP contribution in [-0.2, 0) is 6.42 Å². The number of anilines is 1. The van der Waals surface area contributed by atoms with E-state index in [9.17, 15) is 0 Å². The lowest BCUT2D eigenvalue weighted by Crippen LogP contribution is -2.19. The quantitative estimate of drug-likeness (QED) is 0.800. The van der Waals surface area contributed by atoms with Gasteiger partial charge in [-0.15, -0.1) is 11.3 Å². The van der Waals surface area contributed by atoms with Crippen LogP contribution in [0.5, 0.6) is 0 Å². The molecule has 2 rings (SSSR count). The van der Waals surface area contributed by atoms with Gasteiger partial charge in [0.05, 0.1) is 5.69 Å². The van der Waals surface area contributed by atoms with Crippen molar-refractivity contribution in [2.75, 3.05) is 25.5 Å². The lowest BCUT2D eigenvalue weighted by atomic mass is 10.3. The molecular formula is C10H17N3S. The molecule has 1 N–H and O–H groups in total. The summed E-state index contributed by atoms with van der Waals surface area (Å²) >= 11 is 1.76. The van der Waals surface area contributed by atoms with Crippen molar-refractivity contribution >= 4 is 16.5 Å². The predicted octanol–water partition coefficient (Wildman–Crippen LogP) is 1.50. The van der Waals surface area contributed by atoms with Crippen molar-refractivity contribution in [3.63, 3.8) is 0 Å². The maximum Gasteiger partial charge on any atom is 0.185 e. The van der Waals surface area contributed by atoms with E-state index in [0.717, 1.165) is 19.0 Å². The number of hydrogen-bond donors (Lipinski definition) is 1. The molecule has 1 heterocycles. The smallest absolute Gasteiger partial charge is 0.185 e. The van der Waals surface area contributed by atoms with E-state index < -0.39 is 0 Å². The van der Waals surface area contributed by atoms with Gasteiger partial charge in [0.1, 0.15) is 0 Å². The summed E-state index contributed by atoms with van der Waals surface area (Å²) in [7, 11) is 4.13. The Labute approximate surface area is 89.1 Å². The monoisotopic (exact) mass is 211 g/mol. The van der Waals surface area contributed by atoms with Crippen molar-refractivity contribution in [1.82, 2.24) is 10.3 Å². The van der Waals surface area contributed by atoms with E-state index in [1.807, 2.05) is 7.05 Å². The minimum absolute atomic E-state index is 0.762. The van der Waals surface area contributed by atoms with Gasteiger partial charge in [0.25, 0.3) is 0 Å². The van der Waals surface area contributed by atoms with Crippen LogP contribution in [0.3, 0.4) is 0 Å². The van der Waals surface area contributed by atoms with E-state index in [0.29, 0.717) is 0 Å². The molecule has 0 bridgehead atoms. The second-order valence-corrected chi connectivity index (χ2v) is 4.65. The van der Waals surface area contributed by atoms with Crippen molar-refractivity contribution < 1.29 is 0 Å². The normalized spacial score (nSPS) is 15.9. The predicted molar refractivity (Wildman–Crippen MR) is 61.2 cm³/mol. The number of nitrogens with zero attached hydrogens (tertiary/aromatic N) is 2. The van der Waals surface area contributed by atoms with Crippen LogP contribution in [0.2, 0.25) is 0 Å². The third-order valence-corrected chi connectivity index (χ3v) is 3.55. The molecule has 4 heteroatoms. The topological polar surface area (TPSA) is 28.2 Å². The summed E-state index contributed by atoms with van der Waals surface area (Å²) in [6.07, 6.45) is 3.70. The molecule has 1 aromatic rings. The number of thiazole rings is 1. The standard InChI is InChI=1S/C10H17N3S/c1-11-6-5-8-7-14-10(12-8)13(2)9-3-4-9/h7,9,11H,3-6H2,1-2H3. The number of aromatic nitrogens is 1. The van der Waals surface area contributed by atoms with E-state index in [1.54, 1.807) is 11.3 Å². The van der Waals surface area contributed by atoms with E-state index in [1.165, 1.54) is 23.7 Å². The molecule has 78 valence electrons. The SMILES string of the molecule is CNCCc1csc(N(C)C2CC2)n1. The summed E-state index contributed by atoms with van der Waals surface area (Å²) in [6, 6.07) is 0.762. The fourth-order valence-corrected chi connectivity index (χ4v) is 2.34. The highest BCUT2D eigenvalue weighted by Crippen LogP contribution is 2.31. The highest BCUT2D eigenvalue weighted by atomic mass is 32.1. The van der Waals surface area contributed by atoms with Crippen molar-refractivity contribution in [1.29, 1.82) is 0 Å². The molecule has 0 aromatic carbocycles. The molecule has 1 aromatic heterocycles. The van der Waals surface area contributed by atoms with Gasteiger partial charge < -0.3 is 10.2 Å². The molecule has 0 radical (unpaired) electrons. The molecule has 14 heavy (non-hydrogen) atoms. The minimum atomic E-state index is 0.762. The highest BCUT2D eigenvalue weighted by molar-refractivity contribution is 7.13. The minimum Gasteiger partial charge on any atom is -0.348 e. The van der Waals surface area contributed by atoms with Crippen LogP contribution < -0.4 is 10.2 Å². The number of nitrogens with one attached hydrogen (secondary N) is 1. The first-order valence-corrected chi connectivity index (χ1v) is 6.01. The molecule has 0 spiro atoms. The Kier molecular flexibility index (Phi) is 3.03. The fourth-order valence-electron chi connectivity index (χ4n) is 1.44. The van der Waals surface area contributed by atoms with Crippen LogP contribution in [0.4, 0.5) is 5.13 Å². The highest BCUT2D eigenvalue weighted by Gasteiger charge is 2.27. The van der Waals surface area contributed by atoms with Crippen molar-refractivity contribution in [2.45, 2.75) is 25.3 Å². The summed E-state index contributed by atoms with van der Waals surface area (Å²) in [5.41, 5.74) is 1.21. The van der Waals surface area contributed by atoms with Crippen LogP contribution in [0, 0.1) is 0 Å². The second kappa shape index (κ2) is 4.28. The summed E-state index contributed by atoms with van der Waals surface area (Å²) in [5.74, 6) is 0. The first-order valence-electron chi connectivity index (χ1n) is 5.13. The second-order valence-electron chi connectivity index (χ2n) is 3.82. The molecule has 1 fully saturated rings. The maximum absolute atomic E-state index is 4.61. The van der Waals surface area contributed by atoms with Crippen molar-refractivity contribution in [2.24, 2.45) is 0 Å². The summed E-state index contributed by atoms with van der Waals surface area (Å²) in [6.45, 7) is 1.01. The Morgan fingerprint density at radius 1 is 1.64 bits per heavy atom. The zero-order valence-electron chi connectivity index (χ0n) is 8.79. The van der Waals surface area contributed by atoms with Crippen LogP contribution in [-0.4, -0.2) is 31.7 Å². The molecule has 0 saturated heterocycles. The Bertz CT molecular complexity index is 293. The molecule has 0 unspecified atom stereocenters. The van der Waals surface area contributed by atoms with Gasteiger partial charge >= 0.3 is 0 Å². The number of hydrogen-bond acceptors (Lipinski definition) is 4. The van der Waals surface area contributed by atoms with Gasteiger partial charge in [-0.25, -0.2) is 4.98 Å². The van der Waals surface area contributed by atoms with Crippen LogP contribution in [0.1, 0.15) is 18.5 Å². The Morgan fingerprint density at radius 3 is 3.07 bits per heavy atom. The molecule has 0 aliphatic heterocycles. The third kappa shape index (κ3) is 2.25. The molecule has 1 aliphatic rings. The largest absolute Gasteiger partial charge is 0.348 e. The van der Waals surface area contributed by atoms with Gasteiger partial charge in [-0.3, -0.25) is 0 Å². The first-order chi connectivity index (χ1) is 6.81. The van der Waals surface area contributed by atoms with Gasteiger partial charge in [0.2, 0.25) is 0 Å². The van der Waals surface area contributed by atoms with Gasteiger partial charge in [-0.1, -0.05) is 0 Å². The Hall–Kier alpha value is -0.610. The van der Waals surface area contributed by atoms with Crippen molar-refractivity contribution in [3.05, 3.63) is 11.1 Å². The molecule has 1 aliphatic carbocycles. The molecule has 0 atom stereocenters. The van der Waals surface area contributed by atoms with E-state index in [2.05, 4.69) is 27.6 Å². The van der Waals surface area contributed by atoms with Crippen molar-refractivity contribution in [3.8, 4) is 0 Å². The number of likely N-dealkylation sites (N-methyl/N-ethyl adjacent to an activating group) is 1. The average Bonchev–Trinajstić information content (AvgIpc) is 2.94. The zero-order valence-corrected chi connectivity index (χ0v) is 9.60. The summed E-state index contributed by atoms with van der Waals surface area (Å²) in [5, 5.41) is 6.49. The fraction of sp³-hybridized carbons (Fsp3) is 0.700. The lowest BCUT2D eigenvalue weighted by molar-refractivity contribution is 0.777. The lowest BCUT2D eigenvalue weighted by Gasteiger charge is -2.13. The van der Waals surface area contributed by atoms with Crippen LogP contribution in [0.15, 0.2) is 5.38 Å². The molecular weight excluding hydrogens is 194 g/mol. The Balaban J connectivity index is 1.94. The molecule has 3 nitrogen and oxygen atoms in total. The number of rotatable bonds is 5. The van der Waals surface area contributed by atoms with Crippen LogP contribution >= 0.6 is 11.3 Å². The van der Waals surface area contributed by atoms with Crippen LogP contribution in [0.25, 0.3) is 0 Å². The molecule has 0 amide bonds. The molecule has 1 saturated carbocycles. The van der Waals surface area contributed by atoms with Gasteiger partial charge in [-0.2, -0.15) is 0 Å². The maximum atomic E-state index is 4.61. The van der Waals surface area contributed by atoms with Gasteiger partial charge in [-0.05, 0) is 19.9 Å². The summed E-state index contributed by atoms with van der Waals surface area (Å²) < 4.78 is 0. The third-order valence-electron chi connectivity index (χ3n) is 2.57. The van der Waals surface area contributed by atoms with E-state index in [-0.39, 0.29) is 0 Å².